The molecule has 5 heteroatoms. The monoisotopic (exact) mass is 341 g/mol. The number of para-hydroxylation sites is 1. The minimum atomic E-state index is -0.0410. The molecule has 0 bridgehead atoms. The average Bonchev–Trinajstić information content (AvgIpc) is 3.23. The third-order valence-electron chi connectivity index (χ3n) is 5.86. The second kappa shape index (κ2) is 7.16. The Morgan fingerprint density at radius 2 is 2.08 bits per heavy atom. The van der Waals surface area contributed by atoms with Gasteiger partial charge >= 0.3 is 0 Å². The van der Waals surface area contributed by atoms with Crippen LogP contribution in [0.3, 0.4) is 0 Å². The van der Waals surface area contributed by atoms with E-state index >= 15 is 0 Å². The van der Waals surface area contributed by atoms with Crippen molar-refractivity contribution < 1.29 is 9.59 Å². The number of benzene rings is 1. The van der Waals surface area contributed by atoms with Gasteiger partial charge in [-0.2, -0.15) is 0 Å². The number of rotatable bonds is 4. The molecule has 134 valence electrons. The van der Waals surface area contributed by atoms with Gasteiger partial charge in [0.15, 0.2) is 0 Å². The number of piperidine rings is 1. The Morgan fingerprint density at radius 3 is 2.84 bits per heavy atom. The Labute approximate surface area is 149 Å². The van der Waals surface area contributed by atoms with Gasteiger partial charge in [0.1, 0.15) is 0 Å². The van der Waals surface area contributed by atoms with Crippen LogP contribution in [0, 0.1) is 0 Å². The quantitative estimate of drug-likeness (QED) is 0.914. The maximum absolute atomic E-state index is 13.0. The molecule has 0 saturated carbocycles. The SMILES string of the molecule is O=C1CCCN1CC[C@H]1CN(C(=O)[C@H]2CCCCN2)c2ccccc21. The number of carbonyl (C=O) groups excluding carboxylic acids is 2. The van der Waals surface area contributed by atoms with Crippen molar-refractivity contribution in [3.05, 3.63) is 29.8 Å². The van der Waals surface area contributed by atoms with Crippen LogP contribution >= 0.6 is 0 Å². The fraction of sp³-hybridized carbons (Fsp3) is 0.600. The van der Waals surface area contributed by atoms with Crippen LogP contribution in [0.15, 0.2) is 24.3 Å². The molecule has 25 heavy (non-hydrogen) atoms. The minimum Gasteiger partial charge on any atom is -0.343 e. The first-order valence-electron chi connectivity index (χ1n) is 9.65. The van der Waals surface area contributed by atoms with Crippen molar-refractivity contribution in [2.45, 2.75) is 50.5 Å². The highest BCUT2D eigenvalue weighted by molar-refractivity contribution is 5.99. The molecule has 2 amide bonds. The zero-order valence-corrected chi connectivity index (χ0v) is 14.7. The third-order valence-corrected chi connectivity index (χ3v) is 5.86. The van der Waals surface area contributed by atoms with E-state index in [0.717, 1.165) is 64.0 Å². The van der Waals surface area contributed by atoms with Crippen LogP contribution in [0.25, 0.3) is 0 Å². The highest BCUT2D eigenvalue weighted by atomic mass is 16.2. The fourth-order valence-corrected chi connectivity index (χ4v) is 4.45. The predicted octanol–water partition coefficient (Wildman–Crippen LogP) is 2.27. The van der Waals surface area contributed by atoms with Gasteiger partial charge in [0.2, 0.25) is 11.8 Å². The summed E-state index contributed by atoms with van der Waals surface area (Å²) in [5, 5.41) is 3.38. The number of nitrogens with zero attached hydrogens (tertiary/aromatic N) is 2. The molecule has 0 aliphatic carbocycles. The first-order chi connectivity index (χ1) is 12.2. The summed E-state index contributed by atoms with van der Waals surface area (Å²) in [5.74, 6) is 0.828. The van der Waals surface area contributed by atoms with Crippen LogP contribution in [0.1, 0.15) is 50.0 Å². The summed E-state index contributed by atoms with van der Waals surface area (Å²) in [4.78, 5) is 28.8. The lowest BCUT2D eigenvalue weighted by atomic mass is 9.98. The number of likely N-dealkylation sites (tertiary alicyclic amines) is 1. The van der Waals surface area contributed by atoms with Crippen LogP contribution in [-0.4, -0.2) is 48.9 Å². The van der Waals surface area contributed by atoms with Crippen LogP contribution < -0.4 is 10.2 Å². The van der Waals surface area contributed by atoms with Crippen molar-refractivity contribution in [2.24, 2.45) is 0 Å². The normalized spacial score (nSPS) is 26.2. The van der Waals surface area contributed by atoms with Gasteiger partial charge in [-0.25, -0.2) is 0 Å². The molecular weight excluding hydrogens is 314 g/mol. The molecule has 1 N–H and O–H groups in total. The highest BCUT2D eigenvalue weighted by Crippen LogP contribution is 2.38. The fourth-order valence-electron chi connectivity index (χ4n) is 4.45. The van der Waals surface area contributed by atoms with E-state index in [2.05, 4.69) is 23.5 Å². The summed E-state index contributed by atoms with van der Waals surface area (Å²) < 4.78 is 0. The molecule has 3 aliphatic heterocycles. The van der Waals surface area contributed by atoms with Gasteiger partial charge in [0.25, 0.3) is 0 Å². The number of hydrogen-bond donors (Lipinski definition) is 1. The molecule has 2 saturated heterocycles. The van der Waals surface area contributed by atoms with Gasteiger partial charge in [0, 0.05) is 37.7 Å². The molecule has 0 unspecified atom stereocenters. The van der Waals surface area contributed by atoms with Gasteiger partial charge in [-0.3, -0.25) is 9.59 Å². The summed E-state index contributed by atoms with van der Waals surface area (Å²) >= 11 is 0. The molecule has 1 aromatic carbocycles. The second-order valence-corrected chi connectivity index (χ2v) is 7.48. The Hall–Kier alpha value is -1.88. The minimum absolute atomic E-state index is 0.0410. The maximum atomic E-state index is 13.0. The van der Waals surface area contributed by atoms with Crippen molar-refractivity contribution in [1.29, 1.82) is 0 Å². The summed E-state index contributed by atoms with van der Waals surface area (Å²) in [5.41, 5.74) is 2.33. The van der Waals surface area contributed by atoms with Crippen LogP contribution in [0.2, 0.25) is 0 Å². The lowest BCUT2D eigenvalue weighted by Gasteiger charge is -2.28. The topological polar surface area (TPSA) is 52.7 Å². The molecule has 0 aromatic heterocycles. The predicted molar refractivity (Wildman–Crippen MR) is 97.6 cm³/mol. The molecule has 2 fully saturated rings. The zero-order valence-electron chi connectivity index (χ0n) is 14.7. The van der Waals surface area contributed by atoms with Crippen LogP contribution in [-0.2, 0) is 9.59 Å². The number of fused-ring (bicyclic) bond motifs is 1. The molecule has 2 atom stereocenters. The zero-order chi connectivity index (χ0) is 17.2. The molecule has 0 radical (unpaired) electrons. The Balaban J connectivity index is 1.47. The largest absolute Gasteiger partial charge is 0.343 e. The molecule has 3 heterocycles. The molecule has 5 nitrogen and oxygen atoms in total. The number of carbonyl (C=O) groups is 2. The van der Waals surface area contributed by atoms with E-state index in [1.54, 1.807) is 0 Å². The summed E-state index contributed by atoms with van der Waals surface area (Å²) in [6.07, 6.45) is 5.83. The van der Waals surface area contributed by atoms with Crippen molar-refractivity contribution in [1.82, 2.24) is 10.2 Å². The number of hydrogen-bond acceptors (Lipinski definition) is 3. The van der Waals surface area contributed by atoms with E-state index < -0.39 is 0 Å². The van der Waals surface area contributed by atoms with Crippen LogP contribution in [0.5, 0.6) is 0 Å². The smallest absolute Gasteiger partial charge is 0.244 e. The van der Waals surface area contributed by atoms with Crippen LogP contribution in [0.4, 0.5) is 5.69 Å². The van der Waals surface area contributed by atoms with E-state index in [1.807, 2.05) is 15.9 Å². The molecule has 0 spiro atoms. The number of nitrogens with one attached hydrogen (secondary N) is 1. The lowest BCUT2D eigenvalue weighted by Crippen LogP contribution is -2.48. The van der Waals surface area contributed by atoms with Crippen molar-refractivity contribution in [3.8, 4) is 0 Å². The van der Waals surface area contributed by atoms with E-state index in [9.17, 15) is 9.59 Å². The summed E-state index contributed by atoms with van der Waals surface area (Å²) in [7, 11) is 0. The molecule has 1 aromatic rings. The van der Waals surface area contributed by atoms with E-state index in [1.165, 1.54) is 5.56 Å². The summed E-state index contributed by atoms with van der Waals surface area (Å²) in [6, 6.07) is 8.24. The Kier molecular flexibility index (Phi) is 4.75. The first kappa shape index (κ1) is 16.6. The maximum Gasteiger partial charge on any atom is 0.244 e. The van der Waals surface area contributed by atoms with Gasteiger partial charge < -0.3 is 15.1 Å². The molecule has 4 rings (SSSR count). The van der Waals surface area contributed by atoms with Gasteiger partial charge in [0.05, 0.1) is 6.04 Å². The van der Waals surface area contributed by atoms with E-state index in [4.69, 9.17) is 0 Å². The molecule has 3 aliphatic rings. The molecular formula is C20H27N3O2. The van der Waals surface area contributed by atoms with Gasteiger partial charge in [-0.15, -0.1) is 0 Å². The van der Waals surface area contributed by atoms with Crippen molar-refractivity contribution >= 4 is 17.5 Å². The standard InChI is InChI=1S/C20H27N3O2/c24-19-9-5-12-22(19)13-10-15-14-23(18-8-2-1-6-16(15)18)20(25)17-7-3-4-11-21-17/h1-2,6,8,15,17,21H,3-5,7,9-14H2/t15-,17+/m0/s1. The number of anilines is 1. The average molecular weight is 341 g/mol. The van der Waals surface area contributed by atoms with Gasteiger partial charge in [-0.05, 0) is 43.9 Å². The van der Waals surface area contributed by atoms with Gasteiger partial charge in [-0.1, -0.05) is 24.6 Å². The number of amides is 2. The Bertz CT molecular complexity index is 654. The van der Waals surface area contributed by atoms with E-state index in [-0.39, 0.29) is 17.9 Å². The second-order valence-electron chi connectivity index (χ2n) is 7.48. The Morgan fingerprint density at radius 1 is 1.20 bits per heavy atom. The lowest BCUT2D eigenvalue weighted by molar-refractivity contribution is -0.127. The third kappa shape index (κ3) is 3.30. The van der Waals surface area contributed by atoms with Crippen molar-refractivity contribution in [2.75, 3.05) is 31.1 Å². The van der Waals surface area contributed by atoms with Crippen molar-refractivity contribution in [3.63, 3.8) is 0 Å². The highest BCUT2D eigenvalue weighted by Gasteiger charge is 2.36. The first-order valence-corrected chi connectivity index (χ1v) is 9.65. The summed E-state index contributed by atoms with van der Waals surface area (Å²) in [6.45, 7) is 3.38. The van der Waals surface area contributed by atoms with E-state index in [0.29, 0.717) is 12.3 Å².